The van der Waals surface area contributed by atoms with Crippen molar-refractivity contribution in [1.82, 2.24) is 20.4 Å². The maximum Gasteiger partial charge on any atom is 0.287 e. The van der Waals surface area contributed by atoms with Gasteiger partial charge < -0.3 is 10.5 Å². The number of ether oxygens (including phenoxy) is 1. The van der Waals surface area contributed by atoms with Crippen molar-refractivity contribution in [2.45, 2.75) is 6.54 Å². The van der Waals surface area contributed by atoms with Crippen molar-refractivity contribution in [3.63, 3.8) is 0 Å². The number of primary amides is 1. The van der Waals surface area contributed by atoms with Crippen molar-refractivity contribution in [3.8, 4) is 5.75 Å². The first-order valence-electron chi connectivity index (χ1n) is 6.04. The molecule has 0 aliphatic rings. The quantitative estimate of drug-likeness (QED) is 0.356. The van der Waals surface area contributed by atoms with Crippen LogP contribution < -0.4 is 21.7 Å². The predicted octanol–water partition coefficient (Wildman–Crippen LogP) is -0.940. The van der Waals surface area contributed by atoms with Gasteiger partial charge in [-0.3, -0.25) is 15.0 Å². The van der Waals surface area contributed by atoms with E-state index >= 15 is 0 Å². The van der Waals surface area contributed by atoms with Gasteiger partial charge in [-0.2, -0.15) is 0 Å². The molecule has 0 aliphatic carbocycles. The van der Waals surface area contributed by atoms with Gasteiger partial charge in [0.15, 0.2) is 5.69 Å². The third-order valence-electron chi connectivity index (χ3n) is 2.63. The number of hydrogen-bond donors (Lipinski definition) is 3. The highest BCUT2D eigenvalue weighted by Gasteiger charge is 2.10. The number of hydrogen-bond acceptors (Lipinski definition) is 6. The zero-order valence-corrected chi connectivity index (χ0v) is 11.0. The molecule has 0 saturated carbocycles. The number of carbonyl (C=O) groups is 2. The summed E-state index contributed by atoms with van der Waals surface area (Å²) in [5.74, 6) is 4.29. The Bertz CT molecular complexity index is 654. The van der Waals surface area contributed by atoms with Crippen LogP contribution in [-0.4, -0.2) is 33.4 Å². The smallest absolute Gasteiger partial charge is 0.287 e. The maximum absolute atomic E-state index is 11.2. The van der Waals surface area contributed by atoms with E-state index in [9.17, 15) is 9.59 Å². The molecule has 0 bridgehead atoms. The zero-order chi connectivity index (χ0) is 15.2. The lowest BCUT2D eigenvalue weighted by molar-refractivity contribution is 0.0947. The second-order valence-corrected chi connectivity index (χ2v) is 4.05. The lowest BCUT2D eigenvalue weighted by Crippen LogP contribution is -2.30. The highest BCUT2D eigenvalue weighted by Crippen LogP contribution is 2.16. The Kier molecular flexibility index (Phi) is 4.46. The van der Waals surface area contributed by atoms with Crippen LogP contribution in [0, 0.1) is 0 Å². The predicted molar refractivity (Wildman–Crippen MR) is 72.1 cm³/mol. The number of amides is 2. The van der Waals surface area contributed by atoms with E-state index in [-0.39, 0.29) is 12.3 Å². The van der Waals surface area contributed by atoms with Gasteiger partial charge in [-0.15, -0.1) is 5.10 Å². The summed E-state index contributed by atoms with van der Waals surface area (Å²) in [5, 5.41) is 7.40. The molecule has 9 nitrogen and oxygen atoms in total. The zero-order valence-electron chi connectivity index (χ0n) is 11.0. The second-order valence-electron chi connectivity index (χ2n) is 4.05. The Hall–Kier alpha value is -2.94. The van der Waals surface area contributed by atoms with E-state index < -0.39 is 11.8 Å². The minimum Gasteiger partial charge on any atom is -0.491 e. The lowest BCUT2D eigenvalue weighted by atomic mass is 10.2. The lowest BCUT2D eigenvalue weighted by Gasteiger charge is -2.08. The second kappa shape index (κ2) is 6.48. The number of benzene rings is 1. The van der Waals surface area contributed by atoms with Crippen LogP contribution in [0.4, 0.5) is 0 Å². The molecule has 0 aliphatic heterocycles. The molecule has 0 atom stereocenters. The van der Waals surface area contributed by atoms with Crippen LogP contribution >= 0.6 is 0 Å². The fourth-order valence-corrected chi connectivity index (χ4v) is 1.63. The van der Waals surface area contributed by atoms with Crippen molar-refractivity contribution in [2.75, 3.05) is 6.61 Å². The minimum atomic E-state index is -0.562. The summed E-state index contributed by atoms with van der Waals surface area (Å²) in [7, 11) is 0. The standard InChI is InChI=1S/C12H14N6O3/c13-11(19)8-3-1-2-4-10(8)21-6-5-18-7-9(16-17-18)12(20)15-14/h1-4,7H,5-6,14H2,(H2,13,19)(H,15,20). The van der Waals surface area contributed by atoms with Crippen LogP contribution in [0.1, 0.15) is 20.8 Å². The number of nitrogen functional groups attached to an aromatic ring is 1. The van der Waals surface area contributed by atoms with E-state index in [1.807, 2.05) is 5.43 Å². The summed E-state index contributed by atoms with van der Waals surface area (Å²) >= 11 is 0. The Morgan fingerprint density at radius 3 is 2.81 bits per heavy atom. The topological polar surface area (TPSA) is 138 Å². The van der Waals surface area contributed by atoms with Crippen LogP contribution in [-0.2, 0) is 6.54 Å². The molecule has 1 heterocycles. The largest absolute Gasteiger partial charge is 0.491 e. The summed E-state index contributed by atoms with van der Waals surface area (Å²) in [6, 6.07) is 6.66. The Morgan fingerprint density at radius 1 is 1.33 bits per heavy atom. The first-order chi connectivity index (χ1) is 10.1. The summed E-state index contributed by atoms with van der Waals surface area (Å²) in [6.45, 7) is 0.579. The first-order valence-corrected chi connectivity index (χ1v) is 6.04. The molecule has 0 fully saturated rings. The SMILES string of the molecule is NNC(=O)c1cn(CCOc2ccccc2C(N)=O)nn1. The average Bonchev–Trinajstić information content (AvgIpc) is 2.95. The molecule has 1 aromatic heterocycles. The number of para-hydroxylation sites is 1. The number of nitrogens with one attached hydrogen (secondary N) is 1. The molecule has 0 spiro atoms. The van der Waals surface area contributed by atoms with E-state index in [0.717, 1.165) is 0 Å². The van der Waals surface area contributed by atoms with Gasteiger partial charge in [0.1, 0.15) is 12.4 Å². The van der Waals surface area contributed by atoms with Gasteiger partial charge in [-0.1, -0.05) is 17.3 Å². The molecule has 110 valence electrons. The van der Waals surface area contributed by atoms with Crippen molar-refractivity contribution in [1.29, 1.82) is 0 Å². The normalized spacial score (nSPS) is 10.1. The molecule has 2 rings (SSSR count). The number of nitrogens with zero attached hydrogens (tertiary/aromatic N) is 3. The summed E-state index contributed by atoms with van der Waals surface area (Å²) in [4.78, 5) is 22.4. The number of aromatic nitrogens is 3. The molecule has 0 radical (unpaired) electrons. The Balaban J connectivity index is 1.94. The monoisotopic (exact) mass is 290 g/mol. The number of carbonyl (C=O) groups excluding carboxylic acids is 2. The van der Waals surface area contributed by atoms with Crippen LogP contribution in [0.3, 0.4) is 0 Å². The number of hydrazine groups is 1. The molecule has 0 saturated heterocycles. The van der Waals surface area contributed by atoms with Crippen molar-refractivity contribution in [2.24, 2.45) is 11.6 Å². The van der Waals surface area contributed by atoms with Crippen molar-refractivity contribution >= 4 is 11.8 Å². The molecule has 1 aromatic carbocycles. The molecular weight excluding hydrogens is 276 g/mol. The van der Waals surface area contributed by atoms with E-state index in [4.69, 9.17) is 16.3 Å². The number of nitrogens with two attached hydrogens (primary N) is 2. The fourth-order valence-electron chi connectivity index (χ4n) is 1.63. The van der Waals surface area contributed by atoms with Crippen molar-refractivity contribution in [3.05, 3.63) is 41.7 Å². The molecule has 2 aromatic rings. The van der Waals surface area contributed by atoms with Gasteiger partial charge in [-0.05, 0) is 12.1 Å². The van der Waals surface area contributed by atoms with E-state index in [2.05, 4.69) is 10.3 Å². The third kappa shape index (κ3) is 3.54. The van der Waals surface area contributed by atoms with Crippen LogP contribution in [0.25, 0.3) is 0 Å². The van der Waals surface area contributed by atoms with Gasteiger partial charge in [-0.25, -0.2) is 10.5 Å². The van der Waals surface area contributed by atoms with Gasteiger partial charge in [0, 0.05) is 0 Å². The van der Waals surface area contributed by atoms with Crippen LogP contribution in [0.5, 0.6) is 5.75 Å². The molecule has 5 N–H and O–H groups in total. The maximum atomic E-state index is 11.2. The fraction of sp³-hybridized carbons (Fsp3) is 0.167. The molecule has 21 heavy (non-hydrogen) atoms. The third-order valence-corrected chi connectivity index (χ3v) is 2.63. The highest BCUT2D eigenvalue weighted by atomic mass is 16.5. The van der Waals surface area contributed by atoms with Gasteiger partial charge in [0.05, 0.1) is 18.3 Å². The molecule has 2 amide bonds. The van der Waals surface area contributed by atoms with E-state index in [1.54, 1.807) is 24.3 Å². The molecular formula is C12H14N6O3. The minimum absolute atomic E-state index is 0.107. The molecule has 9 heteroatoms. The van der Waals surface area contributed by atoms with Crippen LogP contribution in [0.2, 0.25) is 0 Å². The van der Waals surface area contributed by atoms with E-state index in [1.165, 1.54) is 10.9 Å². The molecule has 0 unspecified atom stereocenters. The number of rotatable bonds is 6. The Labute approximate surface area is 119 Å². The summed E-state index contributed by atoms with van der Waals surface area (Å²) in [5.41, 5.74) is 7.62. The van der Waals surface area contributed by atoms with Gasteiger partial charge in [0.2, 0.25) is 0 Å². The first kappa shape index (κ1) is 14.5. The highest BCUT2D eigenvalue weighted by molar-refractivity contribution is 5.95. The summed E-state index contributed by atoms with van der Waals surface area (Å²) in [6.07, 6.45) is 1.44. The van der Waals surface area contributed by atoms with E-state index in [0.29, 0.717) is 17.9 Å². The average molecular weight is 290 g/mol. The Morgan fingerprint density at radius 2 is 2.10 bits per heavy atom. The van der Waals surface area contributed by atoms with Gasteiger partial charge in [0.25, 0.3) is 11.8 Å². The van der Waals surface area contributed by atoms with Gasteiger partial charge >= 0.3 is 0 Å². The van der Waals surface area contributed by atoms with Crippen molar-refractivity contribution < 1.29 is 14.3 Å². The summed E-state index contributed by atoms with van der Waals surface area (Å²) < 4.78 is 6.91. The van der Waals surface area contributed by atoms with Crippen LogP contribution in [0.15, 0.2) is 30.5 Å².